The normalized spacial score (nSPS) is 17.6. The van der Waals surface area contributed by atoms with Crippen molar-refractivity contribution >= 4 is 17.3 Å². The third-order valence-corrected chi connectivity index (χ3v) is 4.67. The van der Waals surface area contributed by atoms with Crippen molar-refractivity contribution in [2.24, 2.45) is 0 Å². The number of fused-ring (bicyclic) bond motifs is 2. The molecule has 1 amide bonds. The van der Waals surface area contributed by atoms with E-state index in [0.717, 1.165) is 22.7 Å². The van der Waals surface area contributed by atoms with Gasteiger partial charge < -0.3 is 14.8 Å². The molecule has 0 radical (unpaired) electrons. The Balaban J connectivity index is 1.65. The number of carbonyl (C=O) groups excluding carboxylic acids is 1. The number of para-hydroxylation sites is 2. The molecule has 2 aliphatic rings. The molecule has 128 valence electrons. The van der Waals surface area contributed by atoms with E-state index in [1.165, 1.54) is 0 Å². The van der Waals surface area contributed by atoms with E-state index in [-0.39, 0.29) is 18.9 Å². The van der Waals surface area contributed by atoms with Crippen LogP contribution >= 0.6 is 0 Å². The Bertz CT molecular complexity index is 988. The van der Waals surface area contributed by atoms with Gasteiger partial charge in [0.05, 0.1) is 5.56 Å². The summed E-state index contributed by atoms with van der Waals surface area (Å²) in [6.07, 6.45) is -0.339. The van der Waals surface area contributed by atoms with Gasteiger partial charge >= 0.3 is 0 Å². The molecule has 5 rings (SSSR count). The molecule has 0 aliphatic carbocycles. The molecule has 5 nitrogen and oxygen atoms in total. The average molecular weight is 344 g/mol. The topological polar surface area (TPSA) is 50.8 Å². The van der Waals surface area contributed by atoms with Crippen LogP contribution in [0.5, 0.6) is 11.5 Å². The number of ether oxygens (including phenoxy) is 2. The van der Waals surface area contributed by atoms with Gasteiger partial charge in [0.25, 0.3) is 5.91 Å². The van der Waals surface area contributed by atoms with Gasteiger partial charge in [-0.3, -0.25) is 9.69 Å². The molecule has 3 aromatic rings. The van der Waals surface area contributed by atoms with Gasteiger partial charge in [0.15, 0.2) is 11.5 Å². The minimum absolute atomic E-state index is 0.0341. The van der Waals surface area contributed by atoms with Gasteiger partial charge in [0.1, 0.15) is 6.17 Å². The highest BCUT2D eigenvalue weighted by atomic mass is 16.7. The van der Waals surface area contributed by atoms with E-state index in [1.807, 2.05) is 72.8 Å². The lowest BCUT2D eigenvalue weighted by molar-refractivity contribution is 0.0975. The van der Waals surface area contributed by atoms with E-state index in [1.54, 1.807) is 4.90 Å². The van der Waals surface area contributed by atoms with Crippen LogP contribution in [0.4, 0.5) is 11.4 Å². The molecule has 0 bridgehead atoms. The minimum atomic E-state index is -0.339. The van der Waals surface area contributed by atoms with E-state index >= 15 is 0 Å². The third kappa shape index (κ3) is 2.29. The molecule has 0 saturated carbocycles. The van der Waals surface area contributed by atoms with Gasteiger partial charge in [-0.2, -0.15) is 0 Å². The summed E-state index contributed by atoms with van der Waals surface area (Å²) in [5.74, 6) is 1.39. The van der Waals surface area contributed by atoms with E-state index < -0.39 is 0 Å². The molecule has 1 unspecified atom stereocenters. The molecule has 0 aromatic heterocycles. The summed E-state index contributed by atoms with van der Waals surface area (Å²) in [4.78, 5) is 15.0. The van der Waals surface area contributed by atoms with Crippen molar-refractivity contribution in [3.8, 4) is 11.5 Å². The zero-order chi connectivity index (χ0) is 17.5. The van der Waals surface area contributed by atoms with Gasteiger partial charge in [-0.1, -0.05) is 36.4 Å². The average Bonchev–Trinajstić information content (AvgIpc) is 3.16. The first-order chi connectivity index (χ1) is 12.8. The summed E-state index contributed by atoms with van der Waals surface area (Å²) in [6, 6.07) is 23.0. The first-order valence-corrected chi connectivity index (χ1v) is 8.45. The Labute approximate surface area is 150 Å². The summed E-state index contributed by atoms with van der Waals surface area (Å²) < 4.78 is 10.9. The SMILES string of the molecule is O=C1c2ccccc2NC(c2ccc3c(c2)OCO3)N1c1ccccc1. The summed E-state index contributed by atoms with van der Waals surface area (Å²) in [5, 5.41) is 3.49. The van der Waals surface area contributed by atoms with Crippen LogP contribution in [0.15, 0.2) is 72.8 Å². The predicted molar refractivity (Wildman–Crippen MR) is 98.6 cm³/mol. The molecule has 0 saturated heterocycles. The van der Waals surface area contributed by atoms with E-state index in [4.69, 9.17) is 9.47 Å². The Hall–Kier alpha value is -3.47. The number of nitrogens with zero attached hydrogens (tertiary/aromatic N) is 1. The third-order valence-electron chi connectivity index (χ3n) is 4.67. The van der Waals surface area contributed by atoms with E-state index in [9.17, 15) is 4.79 Å². The number of benzene rings is 3. The predicted octanol–water partition coefficient (Wildman–Crippen LogP) is 4.19. The van der Waals surface area contributed by atoms with Crippen molar-refractivity contribution in [3.63, 3.8) is 0 Å². The highest BCUT2D eigenvalue weighted by Crippen LogP contribution is 2.40. The number of rotatable bonds is 2. The molecule has 0 fully saturated rings. The van der Waals surface area contributed by atoms with Gasteiger partial charge in [-0.15, -0.1) is 0 Å². The fourth-order valence-corrected chi connectivity index (χ4v) is 3.42. The number of nitrogens with one attached hydrogen (secondary N) is 1. The number of amides is 1. The smallest absolute Gasteiger partial charge is 0.262 e. The van der Waals surface area contributed by atoms with Crippen LogP contribution in [0.1, 0.15) is 22.1 Å². The fourth-order valence-electron chi connectivity index (χ4n) is 3.42. The van der Waals surface area contributed by atoms with Gasteiger partial charge in [0.2, 0.25) is 6.79 Å². The van der Waals surface area contributed by atoms with E-state index in [0.29, 0.717) is 11.3 Å². The Kier molecular flexibility index (Phi) is 3.31. The van der Waals surface area contributed by atoms with Crippen LogP contribution in [0.25, 0.3) is 0 Å². The minimum Gasteiger partial charge on any atom is -0.454 e. The molecule has 2 aliphatic heterocycles. The second-order valence-corrected chi connectivity index (χ2v) is 6.22. The number of hydrogen-bond acceptors (Lipinski definition) is 4. The molecule has 2 heterocycles. The molecule has 5 heteroatoms. The van der Waals surface area contributed by atoms with Crippen LogP contribution in [-0.2, 0) is 0 Å². The maximum atomic E-state index is 13.3. The van der Waals surface area contributed by atoms with Crippen molar-refractivity contribution in [1.29, 1.82) is 0 Å². The Morgan fingerprint density at radius 1 is 0.885 bits per heavy atom. The standard InChI is InChI=1S/C21H16N2O3/c24-21-16-8-4-5-9-17(16)22-20(23(21)15-6-2-1-3-7-15)14-10-11-18-19(12-14)26-13-25-18/h1-12,20,22H,13H2. The first kappa shape index (κ1) is 14.8. The zero-order valence-corrected chi connectivity index (χ0v) is 13.9. The fraction of sp³-hybridized carbons (Fsp3) is 0.0952. The lowest BCUT2D eigenvalue weighted by atomic mass is 10.0. The summed E-state index contributed by atoms with van der Waals surface area (Å²) in [5.41, 5.74) is 3.25. The molecule has 0 spiro atoms. The number of carbonyl (C=O) groups is 1. The largest absolute Gasteiger partial charge is 0.454 e. The molecular weight excluding hydrogens is 328 g/mol. The van der Waals surface area contributed by atoms with Gasteiger partial charge in [-0.25, -0.2) is 0 Å². The van der Waals surface area contributed by atoms with Crippen molar-refractivity contribution < 1.29 is 14.3 Å². The van der Waals surface area contributed by atoms with Crippen LogP contribution in [-0.4, -0.2) is 12.7 Å². The molecular formula is C21H16N2O3. The lowest BCUT2D eigenvalue weighted by Crippen LogP contribution is -2.43. The van der Waals surface area contributed by atoms with Crippen LogP contribution in [0.2, 0.25) is 0 Å². The Morgan fingerprint density at radius 2 is 1.65 bits per heavy atom. The second kappa shape index (κ2) is 5.81. The Morgan fingerprint density at radius 3 is 2.54 bits per heavy atom. The van der Waals surface area contributed by atoms with Gasteiger partial charge in [-0.05, 0) is 42.0 Å². The van der Waals surface area contributed by atoms with Crippen molar-refractivity contribution in [1.82, 2.24) is 0 Å². The molecule has 26 heavy (non-hydrogen) atoms. The van der Waals surface area contributed by atoms with Gasteiger partial charge in [0, 0.05) is 11.4 Å². The number of anilines is 2. The summed E-state index contributed by atoms with van der Waals surface area (Å²) >= 11 is 0. The highest BCUT2D eigenvalue weighted by molar-refractivity contribution is 6.12. The van der Waals surface area contributed by atoms with Crippen molar-refractivity contribution in [2.75, 3.05) is 17.0 Å². The van der Waals surface area contributed by atoms with Crippen molar-refractivity contribution in [3.05, 3.63) is 83.9 Å². The first-order valence-electron chi connectivity index (χ1n) is 8.45. The maximum Gasteiger partial charge on any atom is 0.262 e. The summed E-state index contributed by atoms with van der Waals surface area (Å²) in [6.45, 7) is 0.223. The maximum absolute atomic E-state index is 13.3. The molecule has 1 atom stereocenters. The van der Waals surface area contributed by atoms with E-state index in [2.05, 4.69) is 5.32 Å². The second-order valence-electron chi connectivity index (χ2n) is 6.22. The quantitative estimate of drug-likeness (QED) is 0.757. The monoisotopic (exact) mass is 344 g/mol. The van der Waals surface area contributed by atoms with Crippen LogP contribution < -0.4 is 19.7 Å². The molecule has 3 aromatic carbocycles. The molecule has 1 N–H and O–H groups in total. The lowest BCUT2D eigenvalue weighted by Gasteiger charge is -2.38. The number of hydrogen-bond donors (Lipinski definition) is 1. The van der Waals surface area contributed by atoms with Crippen LogP contribution in [0, 0.1) is 0 Å². The summed E-state index contributed by atoms with van der Waals surface area (Å²) in [7, 11) is 0. The van der Waals surface area contributed by atoms with Crippen LogP contribution in [0.3, 0.4) is 0 Å². The van der Waals surface area contributed by atoms with Crippen molar-refractivity contribution in [2.45, 2.75) is 6.17 Å². The zero-order valence-electron chi connectivity index (χ0n) is 13.9. The highest BCUT2D eigenvalue weighted by Gasteiger charge is 2.34.